The number of aromatic amines is 1. The van der Waals surface area contributed by atoms with E-state index < -0.39 is 6.04 Å². The van der Waals surface area contributed by atoms with Gasteiger partial charge in [-0.25, -0.2) is 4.39 Å². The van der Waals surface area contributed by atoms with Gasteiger partial charge in [0.1, 0.15) is 11.5 Å². The zero-order chi connectivity index (χ0) is 15.6. The van der Waals surface area contributed by atoms with E-state index in [4.69, 9.17) is 0 Å². The normalized spacial score (nSPS) is 12.0. The summed E-state index contributed by atoms with van der Waals surface area (Å²) in [5.74, 6) is -0.756. The summed E-state index contributed by atoms with van der Waals surface area (Å²) in [6.45, 7) is 3.19. The largest absolute Gasteiger partial charge is 0.356 e. The molecule has 1 heterocycles. The molecule has 1 amide bonds. The van der Waals surface area contributed by atoms with Crippen LogP contribution in [0.3, 0.4) is 0 Å². The number of Topliss-reactive ketones (excluding diaryl/α,β-unsaturated/α-hetero) is 1. The number of hydrogen-bond donors (Lipinski definition) is 1. The van der Waals surface area contributed by atoms with Crippen LogP contribution in [0, 0.1) is 5.82 Å². The lowest BCUT2D eigenvalue weighted by molar-refractivity contribution is 0.0735. The first kappa shape index (κ1) is 15.0. The highest BCUT2D eigenvalue weighted by atomic mass is 19.1. The summed E-state index contributed by atoms with van der Waals surface area (Å²) in [7, 11) is 1.60. The van der Waals surface area contributed by atoms with Gasteiger partial charge < -0.3 is 9.88 Å². The molecule has 0 radical (unpaired) electrons. The number of benzene rings is 1. The fourth-order valence-corrected chi connectivity index (χ4v) is 2.11. The average molecular weight is 288 g/mol. The molecule has 0 aliphatic heterocycles. The lowest BCUT2D eigenvalue weighted by Crippen LogP contribution is -2.30. The number of H-pyrrole nitrogens is 1. The zero-order valence-electron chi connectivity index (χ0n) is 12.2. The number of rotatable bonds is 4. The van der Waals surface area contributed by atoms with Crippen LogP contribution >= 0.6 is 0 Å². The van der Waals surface area contributed by atoms with Crippen molar-refractivity contribution in [2.45, 2.75) is 19.9 Å². The van der Waals surface area contributed by atoms with E-state index in [2.05, 4.69) is 4.98 Å². The Morgan fingerprint density at radius 3 is 2.52 bits per heavy atom. The number of ketones is 1. The Labute approximate surface area is 122 Å². The highest BCUT2D eigenvalue weighted by Gasteiger charge is 2.22. The van der Waals surface area contributed by atoms with Crippen molar-refractivity contribution in [1.82, 2.24) is 9.88 Å². The molecule has 0 fully saturated rings. The van der Waals surface area contributed by atoms with Gasteiger partial charge in [0, 0.05) is 24.4 Å². The van der Waals surface area contributed by atoms with Gasteiger partial charge in [-0.05, 0) is 26.0 Å². The Bertz CT molecular complexity index is 678. The third-order valence-corrected chi connectivity index (χ3v) is 3.58. The van der Waals surface area contributed by atoms with Crippen molar-refractivity contribution in [2.24, 2.45) is 0 Å². The molecule has 21 heavy (non-hydrogen) atoms. The van der Waals surface area contributed by atoms with E-state index >= 15 is 0 Å². The van der Waals surface area contributed by atoms with E-state index in [1.54, 1.807) is 32.2 Å². The summed E-state index contributed by atoms with van der Waals surface area (Å²) in [6.07, 6.45) is 1.50. The number of amides is 1. The molecule has 0 saturated carbocycles. The number of hydrogen-bond acceptors (Lipinski definition) is 2. The number of nitrogens with zero attached hydrogens (tertiary/aromatic N) is 1. The minimum absolute atomic E-state index is 0.116. The summed E-state index contributed by atoms with van der Waals surface area (Å²) in [4.78, 5) is 27.8. The highest BCUT2D eigenvalue weighted by Crippen LogP contribution is 2.23. The predicted octanol–water partition coefficient (Wildman–Crippen LogP) is 3.19. The molecule has 0 spiro atoms. The molecule has 1 aromatic heterocycles. The first-order valence-electron chi connectivity index (χ1n) is 6.62. The van der Waals surface area contributed by atoms with Crippen LogP contribution < -0.4 is 0 Å². The van der Waals surface area contributed by atoms with Crippen molar-refractivity contribution in [3.8, 4) is 0 Å². The molecule has 5 heteroatoms. The molecule has 1 N–H and O–H groups in total. The fraction of sp³-hybridized carbons (Fsp3) is 0.250. The lowest BCUT2D eigenvalue weighted by atomic mass is 10.1. The molecular formula is C16H17FN2O2. The first-order valence-corrected chi connectivity index (χ1v) is 6.62. The monoisotopic (exact) mass is 288 g/mol. The maximum absolute atomic E-state index is 13.8. The molecule has 110 valence electrons. The van der Waals surface area contributed by atoms with E-state index in [0.29, 0.717) is 16.8 Å². The van der Waals surface area contributed by atoms with Crippen LogP contribution in [-0.4, -0.2) is 28.6 Å². The molecule has 0 aliphatic carbocycles. The third-order valence-electron chi connectivity index (χ3n) is 3.58. The van der Waals surface area contributed by atoms with E-state index in [9.17, 15) is 14.0 Å². The Hall–Kier alpha value is -2.43. The van der Waals surface area contributed by atoms with Crippen LogP contribution in [0.25, 0.3) is 0 Å². The quantitative estimate of drug-likeness (QED) is 0.878. The highest BCUT2D eigenvalue weighted by molar-refractivity contribution is 5.99. The molecule has 4 nitrogen and oxygen atoms in total. The van der Waals surface area contributed by atoms with Crippen molar-refractivity contribution in [1.29, 1.82) is 0 Å². The number of carbonyl (C=O) groups excluding carboxylic acids is 2. The van der Waals surface area contributed by atoms with Gasteiger partial charge in [0.2, 0.25) is 0 Å². The predicted molar refractivity (Wildman–Crippen MR) is 77.7 cm³/mol. The van der Waals surface area contributed by atoms with Crippen LogP contribution in [0.1, 0.15) is 46.3 Å². The Kier molecular flexibility index (Phi) is 4.21. The van der Waals surface area contributed by atoms with Crippen LogP contribution in [-0.2, 0) is 0 Å². The van der Waals surface area contributed by atoms with Crippen LogP contribution in [0.5, 0.6) is 0 Å². The van der Waals surface area contributed by atoms with Crippen molar-refractivity contribution < 1.29 is 14.0 Å². The van der Waals surface area contributed by atoms with E-state index in [1.807, 2.05) is 0 Å². The number of nitrogens with one attached hydrogen (secondary N) is 1. The molecule has 2 aromatic rings. The topological polar surface area (TPSA) is 53.2 Å². The minimum atomic E-state index is -0.414. The first-order chi connectivity index (χ1) is 9.91. The smallest absolute Gasteiger partial charge is 0.270 e. The van der Waals surface area contributed by atoms with E-state index in [0.717, 1.165) is 0 Å². The van der Waals surface area contributed by atoms with Gasteiger partial charge in [-0.3, -0.25) is 9.59 Å². The standard InChI is InChI=1S/C16H17FN2O2/c1-10(13-6-4-5-7-14(13)17)19(3)16(21)15-8-12(9-18-15)11(2)20/h4-10,18H,1-3H3. The molecule has 0 saturated heterocycles. The fourth-order valence-electron chi connectivity index (χ4n) is 2.11. The van der Waals surface area contributed by atoms with Gasteiger partial charge in [-0.15, -0.1) is 0 Å². The number of halogens is 1. The second-order valence-electron chi connectivity index (χ2n) is 4.97. The molecule has 2 rings (SSSR count). The molecular weight excluding hydrogens is 271 g/mol. The summed E-state index contributed by atoms with van der Waals surface area (Å²) in [5, 5.41) is 0. The van der Waals surface area contributed by atoms with Gasteiger partial charge in [-0.1, -0.05) is 18.2 Å². The molecule has 0 aliphatic rings. The lowest BCUT2D eigenvalue weighted by Gasteiger charge is -2.25. The SMILES string of the molecule is CC(=O)c1c[nH]c(C(=O)N(C)C(C)c2ccccc2F)c1. The Morgan fingerprint density at radius 1 is 1.29 bits per heavy atom. The maximum Gasteiger partial charge on any atom is 0.270 e. The number of aromatic nitrogens is 1. The van der Waals surface area contributed by atoms with Crippen molar-refractivity contribution in [3.05, 3.63) is 59.2 Å². The van der Waals surface area contributed by atoms with Crippen molar-refractivity contribution >= 4 is 11.7 Å². The average Bonchev–Trinajstić information content (AvgIpc) is 2.95. The summed E-state index contributed by atoms with van der Waals surface area (Å²) in [5.41, 5.74) is 1.21. The summed E-state index contributed by atoms with van der Waals surface area (Å²) < 4.78 is 13.8. The van der Waals surface area contributed by atoms with E-state index in [-0.39, 0.29) is 17.5 Å². The molecule has 1 aromatic carbocycles. The van der Waals surface area contributed by atoms with Gasteiger partial charge in [0.15, 0.2) is 5.78 Å². The van der Waals surface area contributed by atoms with Gasteiger partial charge in [-0.2, -0.15) is 0 Å². The molecule has 0 bridgehead atoms. The van der Waals surface area contributed by atoms with Gasteiger partial charge in [0.05, 0.1) is 6.04 Å². The second kappa shape index (κ2) is 5.91. The summed E-state index contributed by atoms with van der Waals surface area (Å²) >= 11 is 0. The maximum atomic E-state index is 13.8. The molecule has 1 unspecified atom stereocenters. The van der Waals surface area contributed by atoms with Crippen LogP contribution in [0.2, 0.25) is 0 Å². The summed E-state index contributed by atoms with van der Waals surface area (Å²) in [6, 6.07) is 7.46. The second-order valence-corrected chi connectivity index (χ2v) is 4.97. The van der Waals surface area contributed by atoms with Crippen LogP contribution in [0.4, 0.5) is 4.39 Å². The van der Waals surface area contributed by atoms with Gasteiger partial charge in [0.25, 0.3) is 5.91 Å². The van der Waals surface area contributed by atoms with Crippen LogP contribution in [0.15, 0.2) is 36.5 Å². The Morgan fingerprint density at radius 2 is 1.95 bits per heavy atom. The Balaban J connectivity index is 2.22. The number of carbonyl (C=O) groups is 2. The van der Waals surface area contributed by atoms with E-state index in [1.165, 1.54) is 30.2 Å². The van der Waals surface area contributed by atoms with Gasteiger partial charge >= 0.3 is 0 Å². The van der Waals surface area contributed by atoms with Crippen molar-refractivity contribution in [2.75, 3.05) is 7.05 Å². The third kappa shape index (κ3) is 3.02. The minimum Gasteiger partial charge on any atom is -0.356 e. The molecule has 1 atom stereocenters. The van der Waals surface area contributed by atoms with Crippen molar-refractivity contribution in [3.63, 3.8) is 0 Å². The zero-order valence-corrected chi connectivity index (χ0v) is 12.2.